The zero-order valence-electron chi connectivity index (χ0n) is 15.2. The number of aromatic nitrogens is 3. The summed E-state index contributed by atoms with van der Waals surface area (Å²) in [6.07, 6.45) is -0.901. The van der Waals surface area contributed by atoms with E-state index in [2.05, 4.69) is 15.0 Å². The van der Waals surface area contributed by atoms with Crippen LogP contribution in [0.4, 0.5) is 18.9 Å². The van der Waals surface area contributed by atoms with E-state index in [-0.39, 0.29) is 11.4 Å². The number of carbonyl (C=O) groups is 1. The summed E-state index contributed by atoms with van der Waals surface area (Å²) in [5.41, 5.74) is -0.0383. The molecule has 0 spiro atoms. The van der Waals surface area contributed by atoms with Crippen LogP contribution in [0.2, 0.25) is 5.02 Å². The standard InChI is InChI=1S/C19H14ClF3N4O2/c1-27(15-5-4-12(20)7-16(15)29-2)18(28)14-10-24-9-13(26-14)11-3-6-17(25-8-11)19(21,22)23/h3-10H,1-2H3. The average molecular weight is 423 g/mol. The van der Waals surface area contributed by atoms with Gasteiger partial charge in [-0.1, -0.05) is 11.6 Å². The Morgan fingerprint density at radius 2 is 1.90 bits per heavy atom. The molecule has 1 aromatic carbocycles. The van der Waals surface area contributed by atoms with Crippen LogP contribution in [0.5, 0.6) is 5.75 Å². The maximum absolute atomic E-state index is 12.8. The lowest BCUT2D eigenvalue weighted by Crippen LogP contribution is -2.27. The van der Waals surface area contributed by atoms with Crippen molar-refractivity contribution in [3.8, 4) is 17.0 Å². The first-order valence-electron chi connectivity index (χ1n) is 8.18. The topological polar surface area (TPSA) is 68.2 Å². The molecule has 0 fully saturated rings. The second-order valence-corrected chi connectivity index (χ2v) is 6.34. The lowest BCUT2D eigenvalue weighted by Gasteiger charge is -2.20. The van der Waals surface area contributed by atoms with Gasteiger partial charge in [-0.3, -0.25) is 14.8 Å². The number of halogens is 4. The fourth-order valence-corrected chi connectivity index (χ4v) is 2.69. The summed E-state index contributed by atoms with van der Waals surface area (Å²) in [6.45, 7) is 0. The monoisotopic (exact) mass is 422 g/mol. The van der Waals surface area contributed by atoms with Crippen LogP contribution in [0.15, 0.2) is 48.9 Å². The molecular formula is C19H14ClF3N4O2. The Labute approximate surface area is 168 Å². The third-order valence-electron chi connectivity index (χ3n) is 4.01. The molecule has 0 radical (unpaired) electrons. The minimum absolute atomic E-state index is 0.00176. The first kappa shape index (κ1) is 20.5. The van der Waals surface area contributed by atoms with Crippen molar-refractivity contribution in [1.29, 1.82) is 0 Å². The number of anilines is 1. The van der Waals surface area contributed by atoms with Crippen molar-refractivity contribution in [3.63, 3.8) is 0 Å². The van der Waals surface area contributed by atoms with E-state index in [9.17, 15) is 18.0 Å². The Bertz CT molecular complexity index is 1040. The maximum Gasteiger partial charge on any atom is 0.433 e. The number of rotatable bonds is 4. The normalized spacial score (nSPS) is 11.2. The number of amides is 1. The molecule has 0 atom stereocenters. The Balaban J connectivity index is 1.90. The van der Waals surface area contributed by atoms with Crippen LogP contribution in [-0.4, -0.2) is 35.0 Å². The second kappa shape index (κ2) is 8.04. The SMILES string of the molecule is COc1cc(Cl)ccc1N(C)C(=O)c1cncc(-c2ccc(C(F)(F)F)nc2)n1. The molecule has 2 aromatic heterocycles. The van der Waals surface area contributed by atoms with Gasteiger partial charge in [-0.2, -0.15) is 13.2 Å². The predicted molar refractivity (Wildman–Crippen MR) is 101 cm³/mol. The van der Waals surface area contributed by atoms with Crippen molar-refractivity contribution < 1.29 is 22.7 Å². The molecule has 0 N–H and O–H groups in total. The van der Waals surface area contributed by atoms with E-state index in [0.717, 1.165) is 12.3 Å². The van der Waals surface area contributed by atoms with Gasteiger partial charge in [0.25, 0.3) is 5.91 Å². The smallest absolute Gasteiger partial charge is 0.433 e. The highest BCUT2D eigenvalue weighted by atomic mass is 35.5. The molecule has 6 nitrogen and oxygen atoms in total. The predicted octanol–water partition coefficient (Wildman–Crippen LogP) is 4.50. The van der Waals surface area contributed by atoms with Crippen molar-refractivity contribution in [2.24, 2.45) is 0 Å². The zero-order valence-corrected chi connectivity index (χ0v) is 16.0. The van der Waals surface area contributed by atoms with Gasteiger partial charge in [0.05, 0.1) is 30.9 Å². The van der Waals surface area contributed by atoms with Crippen LogP contribution in [0, 0.1) is 0 Å². The lowest BCUT2D eigenvalue weighted by atomic mass is 10.2. The third kappa shape index (κ3) is 4.45. The van der Waals surface area contributed by atoms with Gasteiger partial charge in [-0.25, -0.2) is 4.98 Å². The van der Waals surface area contributed by atoms with Crippen molar-refractivity contribution in [1.82, 2.24) is 15.0 Å². The molecule has 0 saturated carbocycles. The van der Waals surface area contributed by atoms with Gasteiger partial charge < -0.3 is 9.64 Å². The Morgan fingerprint density at radius 1 is 1.14 bits per heavy atom. The minimum Gasteiger partial charge on any atom is -0.495 e. The molecule has 0 unspecified atom stereocenters. The van der Waals surface area contributed by atoms with Gasteiger partial charge in [0, 0.05) is 29.9 Å². The molecule has 3 rings (SSSR count). The average Bonchev–Trinajstić information content (AvgIpc) is 2.72. The zero-order chi connectivity index (χ0) is 21.2. The highest BCUT2D eigenvalue weighted by Gasteiger charge is 2.32. The van der Waals surface area contributed by atoms with Gasteiger partial charge in [0.15, 0.2) is 0 Å². The van der Waals surface area contributed by atoms with Crippen LogP contribution in [0.3, 0.4) is 0 Å². The van der Waals surface area contributed by atoms with E-state index in [4.69, 9.17) is 16.3 Å². The van der Waals surface area contributed by atoms with Gasteiger partial charge in [0.1, 0.15) is 17.1 Å². The highest BCUT2D eigenvalue weighted by molar-refractivity contribution is 6.30. The lowest BCUT2D eigenvalue weighted by molar-refractivity contribution is -0.141. The summed E-state index contributed by atoms with van der Waals surface area (Å²) in [5, 5.41) is 0.447. The molecule has 3 aromatic rings. The number of benzene rings is 1. The summed E-state index contributed by atoms with van der Waals surface area (Å²) in [4.78, 5) is 25.7. The molecule has 10 heteroatoms. The van der Waals surface area contributed by atoms with E-state index in [1.165, 1.54) is 37.5 Å². The number of hydrogen-bond acceptors (Lipinski definition) is 5. The molecule has 2 heterocycles. The number of nitrogens with zero attached hydrogens (tertiary/aromatic N) is 4. The molecular weight excluding hydrogens is 409 g/mol. The minimum atomic E-state index is -4.54. The van der Waals surface area contributed by atoms with Crippen molar-refractivity contribution in [2.45, 2.75) is 6.18 Å². The molecule has 0 aliphatic carbocycles. The largest absolute Gasteiger partial charge is 0.495 e. The van der Waals surface area contributed by atoms with Gasteiger partial charge in [-0.15, -0.1) is 0 Å². The first-order chi connectivity index (χ1) is 13.7. The number of alkyl halides is 3. The van der Waals surface area contributed by atoms with Crippen LogP contribution in [0.1, 0.15) is 16.2 Å². The highest BCUT2D eigenvalue weighted by Crippen LogP contribution is 2.31. The molecule has 0 saturated heterocycles. The van der Waals surface area contributed by atoms with Crippen molar-refractivity contribution >= 4 is 23.2 Å². The summed E-state index contributed by atoms with van der Waals surface area (Å²) in [5.74, 6) is -0.0933. The fraction of sp³-hybridized carbons (Fsp3) is 0.158. The summed E-state index contributed by atoms with van der Waals surface area (Å²) >= 11 is 5.94. The first-order valence-corrected chi connectivity index (χ1v) is 8.55. The van der Waals surface area contributed by atoms with Crippen LogP contribution >= 0.6 is 11.6 Å². The van der Waals surface area contributed by atoms with Crippen LogP contribution < -0.4 is 9.64 Å². The molecule has 150 valence electrons. The Kier molecular flexibility index (Phi) is 5.69. The van der Waals surface area contributed by atoms with E-state index in [0.29, 0.717) is 22.0 Å². The quantitative estimate of drug-likeness (QED) is 0.619. The number of methoxy groups -OCH3 is 1. The van der Waals surface area contributed by atoms with Gasteiger partial charge in [0.2, 0.25) is 0 Å². The maximum atomic E-state index is 12.8. The van der Waals surface area contributed by atoms with E-state index < -0.39 is 17.8 Å². The summed E-state index contributed by atoms with van der Waals surface area (Å²) in [6, 6.07) is 6.86. The molecule has 0 aliphatic heterocycles. The third-order valence-corrected chi connectivity index (χ3v) is 4.25. The molecule has 1 amide bonds. The number of pyridine rings is 1. The summed E-state index contributed by atoms with van der Waals surface area (Å²) < 4.78 is 43.3. The number of hydrogen-bond donors (Lipinski definition) is 0. The summed E-state index contributed by atoms with van der Waals surface area (Å²) in [7, 11) is 2.98. The van der Waals surface area contributed by atoms with E-state index in [1.807, 2.05) is 0 Å². The van der Waals surface area contributed by atoms with Crippen LogP contribution in [-0.2, 0) is 6.18 Å². The Morgan fingerprint density at radius 3 is 2.52 bits per heavy atom. The molecule has 29 heavy (non-hydrogen) atoms. The van der Waals surface area contributed by atoms with Gasteiger partial charge in [-0.05, 0) is 24.3 Å². The van der Waals surface area contributed by atoms with Gasteiger partial charge >= 0.3 is 6.18 Å². The van der Waals surface area contributed by atoms with E-state index >= 15 is 0 Å². The second-order valence-electron chi connectivity index (χ2n) is 5.90. The Hall–Kier alpha value is -3.20. The number of carbonyl (C=O) groups excluding carboxylic acids is 1. The molecule has 0 bridgehead atoms. The molecule has 0 aliphatic rings. The number of ether oxygens (including phenoxy) is 1. The fourth-order valence-electron chi connectivity index (χ4n) is 2.53. The van der Waals surface area contributed by atoms with Crippen LogP contribution in [0.25, 0.3) is 11.3 Å². The van der Waals surface area contributed by atoms with Crippen molar-refractivity contribution in [3.05, 3.63) is 65.3 Å². The van der Waals surface area contributed by atoms with Crippen molar-refractivity contribution in [2.75, 3.05) is 19.1 Å². The van der Waals surface area contributed by atoms with E-state index in [1.54, 1.807) is 18.2 Å².